The van der Waals surface area contributed by atoms with Crippen molar-refractivity contribution in [3.8, 4) is 0 Å². The summed E-state index contributed by atoms with van der Waals surface area (Å²) >= 11 is 0. The van der Waals surface area contributed by atoms with Gasteiger partial charge in [0.25, 0.3) is 0 Å². The van der Waals surface area contributed by atoms with Gasteiger partial charge in [-0.1, -0.05) is 121 Å². The van der Waals surface area contributed by atoms with Gasteiger partial charge in [-0.3, -0.25) is 28.9 Å². The summed E-state index contributed by atoms with van der Waals surface area (Å²) in [6.07, 6.45) is 18.8. The van der Waals surface area contributed by atoms with E-state index >= 15 is 0 Å². The molecule has 460 valence electrons. The predicted octanol–water partition coefficient (Wildman–Crippen LogP) is 13.1. The second-order valence-electron chi connectivity index (χ2n) is 24.6. The molecule has 0 saturated carbocycles. The Kier molecular flexibility index (Phi) is 26.4. The summed E-state index contributed by atoms with van der Waals surface area (Å²) in [6.45, 7) is 12.2. The van der Waals surface area contributed by atoms with E-state index in [1.807, 2.05) is 50.9 Å². The molecule has 0 aromatic heterocycles. The molecule has 1 aliphatic heterocycles. The molecule has 3 aliphatic carbocycles. The van der Waals surface area contributed by atoms with Gasteiger partial charge in [-0.2, -0.15) is 0 Å². The van der Waals surface area contributed by atoms with Gasteiger partial charge in [-0.25, -0.2) is 4.79 Å². The molecule has 3 aromatic carbocycles. The summed E-state index contributed by atoms with van der Waals surface area (Å²) in [7, 11) is 5.37. The van der Waals surface area contributed by atoms with Crippen LogP contribution in [-0.2, 0) is 38.9 Å². The molecule has 84 heavy (non-hydrogen) atoms. The van der Waals surface area contributed by atoms with Gasteiger partial charge in [-0.15, -0.1) is 0 Å². The Balaban J connectivity index is 1.23. The van der Waals surface area contributed by atoms with Crippen LogP contribution in [0.1, 0.15) is 222 Å². The van der Waals surface area contributed by atoms with Crippen LogP contribution >= 0.6 is 0 Å². The van der Waals surface area contributed by atoms with E-state index in [-0.39, 0.29) is 67.2 Å². The fourth-order valence-corrected chi connectivity index (χ4v) is 12.3. The molecular formula is C66H98N10O8. The number of alkyl carbamates (subject to hydrolysis) is 1. The number of amides is 6. The minimum atomic E-state index is -0.952. The number of ether oxygens (including phenoxy) is 2. The molecule has 3 aromatic rings. The maximum atomic E-state index is 14.6. The number of likely N-dealkylation sites (tertiary alicyclic amines) is 1. The van der Waals surface area contributed by atoms with Crippen LogP contribution in [0.3, 0.4) is 0 Å². The number of azide groups is 1. The quantitative estimate of drug-likeness (QED) is 0.0188. The minimum Gasteiger partial charge on any atom is -0.444 e. The Labute approximate surface area is 500 Å². The molecule has 4 N–H and O–H groups in total. The molecule has 6 amide bonds. The van der Waals surface area contributed by atoms with Crippen molar-refractivity contribution in [1.82, 2.24) is 20.0 Å². The zero-order valence-electron chi connectivity index (χ0n) is 51.9. The monoisotopic (exact) mass is 1160 g/mol. The van der Waals surface area contributed by atoms with Crippen molar-refractivity contribution >= 4 is 52.7 Å². The lowest BCUT2D eigenvalue weighted by Gasteiger charge is -2.51. The molecule has 4 aliphatic rings. The van der Waals surface area contributed by atoms with Crippen molar-refractivity contribution in [2.24, 2.45) is 5.11 Å². The number of likely N-dealkylation sites (N-methyl/N-ethyl adjacent to an activating group) is 3. The third-order valence-corrected chi connectivity index (χ3v) is 16.8. The molecule has 1 heterocycles. The summed E-state index contributed by atoms with van der Waals surface area (Å²) in [6, 6.07) is 17.9. The minimum absolute atomic E-state index is 0.0455. The van der Waals surface area contributed by atoms with Crippen LogP contribution in [0.5, 0.6) is 0 Å². The van der Waals surface area contributed by atoms with Gasteiger partial charge in [0, 0.05) is 99.3 Å². The average Bonchev–Trinajstić information content (AvgIpc) is 0.775. The van der Waals surface area contributed by atoms with Gasteiger partial charge >= 0.3 is 6.09 Å². The van der Waals surface area contributed by atoms with E-state index in [0.29, 0.717) is 81.8 Å². The van der Waals surface area contributed by atoms with Gasteiger partial charge < -0.3 is 40.5 Å². The number of anilines is 3. The summed E-state index contributed by atoms with van der Waals surface area (Å²) in [5.74, 6) is -0.535. The normalized spacial score (nSPS) is 17.5. The van der Waals surface area contributed by atoms with Gasteiger partial charge in [0.15, 0.2) is 0 Å². The van der Waals surface area contributed by atoms with Gasteiger partial charge in [0.05, 0.1) is 25.3 Å². The SMILES string of the molecule is CCCCCCCCC(=O)Nc1ccc2c(c1)C1(CCC(=O)N(C)CCOCCN(C)C(=O)C3C[C@H](N=[N+]=[N-])CN3C)c3cc(NC(=O)CCCCCCCC)ccc3C2c2ccc(NC(=O)CCCCCCCNC(=O)OC(C)(C)C)cc21. The summed E-state index contributed by atoms with van der Waals surface area (Å²) in [4.78, 5) is 89.1. The van der Waals surface area contributed by atoms with E-state index < -0.39 is 17.1 Å². The Bertz CT molecular complexity index is 2660. The fourth-order valence-electron chi connectivity index (χ4n) is 12.3. The first-order chi connectivity index (χ1) is 40.4. The number of hydrogen-bond acceptors (Lipinski definition) is 10. The Morgan fingerprint density at radius 2 is 1.08 bits per heavy atom. The van der Waals surface area contributed by atoms with Crippen molar-refractivity contribution < 1.29 is 38.2 Å². The molecule has 0 spiro atoms. The van der Waals surface area contributed by atoms with Crippen LogP contribution in [0.4, 0.5) is 21.9 Å². The molecule has 18 nitrogen and oxygen atoms in total. The maximum Gasteiger partial charge on any atom is 0.407 e. The van der Waals surface area contributed by atoms with Crippen molar-refractivity contribution in [2.75, 3.05) is 76.5 Å². The lowest BCUT2D eigenvalue weighted by atomic mass is 9.51. The molecule has 1 fully saturated rings. The van der Waals surface area contributed by atoms with Gasteiger partial charge in [0.1, 0.15) is 5.60 Å². The number of benzene rings is 3. The van der Waals surface area contributed by atoms with Crippen LogP contribution in [-0.4, -0.2) is 129 Å². The Morgan fingerprint density at radius 3 is 1.54 bits per heavy atom. The topological polar surface area (TPSA) is 227 Å². The Morgan fingerprint density at radius 1 is 0.643 bits per heavy atom. The van der Waals surface area contributed by atoms with Crippen LogP contribution in [0.15, 0.2) is 59.7 Å². The highest BCUT2D eigenvalue weighted by Gasteiger charge is 2.52. The number of nitrogens with zero attached hydrogens (tertiary/aromatic N) is 6. The molecule has 2 atom stereocenters. The van der Waals surface area contributed by atoms with Crippen molar-refractivity contribution in [3.05, 3.63) is 98.4 Å². The fraction of sp³-hybridized carbons (Fsp3) is 0.636. The first-order valence-corrected chi connectivity index (χ1v) is 31.5. The average molecular weight is 1160 g/mol. The second kappa shape index (κ2) is 33.3. The molecular weight excluding hydrogens is 1060 g/mol. The standard InChI is InChI=1S/C66H98N10O8/c1-9-11-13-15-18-22-26-58(77)69-47-29-32-51-54(42-47)66(36-35-61(80)74(6)38-40-83-41-39-75(7)63(81)57-45-50(72-73-67)46-76(57)8)55-43-48(70-59(78)27-23-19-16-14-12-10-2)30-33-52(55)62(51)53-34-31-49(44-56(53)66)71-60(79)28-24-20-17-21-25-37-68-64(82)84-65(3,4)5/h29-34,42-44,50,57,62H,9-28,35-41,45-46H2,1-8H3,(H,68,82)(H,69,77)(H,70,78)(H,71,79)/t50-,57?,62?,66?/m0/s1. The zero-order chi connectivity index (χ0) is 60.7. The largest absolute Gasteiger partial charge is 0.444 e. The molecule has 2 bridgehead atoms. The smallest absolute Gasteiger partial charge is 0.407 e. The predicted molar refractivity (Wildman–Crippen MR) is 333 cm³/mol. The highest BCUT2D eigenvalue weighted by atomic mass is 16.6. The summed E-state index contributed by atoms with van der Waals surface area (Å²) in [5.41, 5.74) is 15.5. The molecule has 18 heteroatoms. The van der Waals surface area contributed by atoms with Gasteiger partial charge in [-0.05, 0) is 142 Å². The number of unbranched alkanes of at least 4 members (excludes halogenated alkanes) is 14. The van der Waals surface area contributed by atoms with Crippen LogP contribution in [0.2, 0.25) is 0 Å². The first-order valence-electron chi connectivity index (χ1n) is 31.5. The molecule has 7 rings (SSSR count). The van der Waals surface area contributed by atoms with E-state index in [0.717, 1.165) is 110 Å². The third-order valence-electron chi connectivity index (χ3n) is 16.8. The maximum absolute atomic E-state index is 14.6. The number of rotatable bonds is 36. The van der Waals surface area contributed by atoms with E-state index in [9.17, 15) is 28.8 Å². The number of nitrogens with one attached hydrogen (secondary N) is 4. The lowest BCUT2D eigenvalue weighted by molar-refractivity contribution is -0.135. The van der Waals surface area contributed by atoms with E-state index in [2.05, 4.69) is 81.5 Å². The Hall–Kier alpha value is -6.49. The molecule has 1 saturated heterocycles. The highest BCUT2D eigenvalue weighted by Crippen LogP contribution is 2.62. The highest BCUT2D eigenvalue weighted by molar-refractivity contribution is 5.94. The summed E-state index contributed by atoms with van der Waals surface area (Å²) in [5, 5.41) is 16.3. The van der Waals surface area contributed by atoms with E-state index in [1.54, 1.807) is 23.9 Å². The van der Waals surface area contributed by atoms with Crippen LogP contribution in [0.25, 0.3) is 10.4 Å². The van der Waals surface area contributed by atoms with Crippen molar-refractivity contribution in [3.63, 3.8) is 0 Å². The van der Waals surface area contributed by atoms with Crippen molar-refractivity contribution in [2.45, 2.75) is 211 Å². The van der Waals surface area contributed by atoms with Crippen molar-refractivity contribution in [1.29, 1.82) is 0 Å². The molecule has 0 radical (unpaired) electrons. The lowest BCUT2D eigenvalue weighted by Crippen LogP contribution is -2.44. The molecule has 1 unspecified atom stereocenters. The number of hydrogen-bond donors (Lipinski definition) is 4. The second-order valence-corrected chi connectivity index (χ2v) is 24.6. The number of carbonyl (C=O) groups excluding carboxylic acids is 6. The van der Waals surface area contributed by atoms with Crippen LogP contribution < -0.4 is 21.3 Å². The van der Waals surface area contributed by atoms with E-state index in [4.69, 9.17) is 15.0 Å². The van der Waals surface area contributed by atoms with E-state index in [1.165, 1.54) is 25.7 Å². The first kappa shape index (κ1) is 66.6. The van der Waals surface area contributed by atoms with Gasteiger partial charge in [0.2, 0.25) is 29.5 Å². The third kappa shape index (κ3) is 19.3. The number of carbonyl (C=O) groups is 6. The summed E-state index contributed by atoms with van der Waals surface area (Å²) < 4.78 is 11.4. The zero-order valence-corrected chi connectivity index (χ0v) is 51.9. The van der Waals surface area contributed by atoms with Crippen LogP contribution in [0, 0.1) is 0 Å².